The van der Waals surface area contributed by atoms with Gasteiger partial charge in [0.05, 0.1) is 5.56 Å². The summed E-state index contributed by atoms with van der Waals surface area (Å²) < 4.78 is 18.4. The number of ketones is 1. The summed E-state index contributed by atoms with van der Waals surface area (Å²) in [6.07, 6.45) is 0. The number of carbonyl (C=O) groups is 2. The fourth-order valence-electron chi connectivity index (χ4n) is 1.51. The van der Waals surface area contributed by atoms with Gasteiger partial charge in [0.15, 0.2) is 12.4 Å². The maximum Gasteiger partial charge on any atom is 0.258 e. The number of rotatable bonds is 6. The predicted octanol–water partition coefficient (Wildman–Crippen LogP) is 2.57. The molecule has 4 nitrogen and oxygen atoms in total. The summed E-state index contributed by atoms with van der Waals surface area (Å²) in [6, 6.07) is 3.66. The van der Waals surface area contributed by atoms with Crippen LogP contribution in [0.4, 0.5) is 4.39 Å². The number of halogens is 1. The van der Waals surface area contributed by atoms with Crippen LogP contribution in [0.25, 0.3) is 0 Å². The molecule has 0 saturated heterocycles. The van der Waals surface area contributed by atoms with E-state index in [1.165, 1.54) is 19.1 Å². The van der Waals surface area contributed by atoms with Crippen LogP contribution >= 0.6 is 0 Å². The van der Waals surface area contributed by atoms with Gasteiger partial charge >= 0.3 is 0 Å². The summed E-state index contributed by atoms with van der Waals surface area (Å²) in [5, 5.41) is 2.77. The molecule has 0 heterocycles. The lowest BCUT2D eigenvalue weighted by Crippen LogP contribution is -2.39. The Labute approximate surface area is 118 Å². The van der Waals surface area contributed by atoms with Crippen molar-refractivity contribution >= 4 is 11.7 Å². The van der Waals surface area contributed by atoms with Crippen LogP contribution in [0.15, 0.2) is 18.2 Å². The molecule has 0 fully saturated rings. The smallest absolute Gasteiger partial charge is 0.258 e. The number of ether oxygens (including phenoxy) is 1. The maximum atomic E-state index is 13.2. The highest BCUT2D eigenvalue weighted by Crippen LogP contribution is 2.20. The van der Waals surface area contributed by atoms with Crippen molar-refractivity contribution in [2.24, 2.45) is 5.92 Å². The fourth-order valence-corrected chi connectivity index (χ4v) is 1.51. The molecular formula is C15H20FNO3. The van der Waals surface area contributed by atoms with Crippen molar-refractivity contribution in [3.05, 3.63) is 29.6 Å². The molecule has 1 unspecified atom stereocenters. The van der Waals surface area contributed by atoms with Crippen molar-refractivity contribution in [2.45, 2.75) is 33.7 Å². The van der Waals surface area contributed by atoms with E-state index in [-0.39, 0.29) is 35.7 Å². The molecule has 0 bridgehead atoms. The van der Waals surface area contributed by atoms with Gasteiger partial charge in [-0.05, 0) is 31.9 Å². The SMILES string of the molecule is CC(=O)c1ccc(F)cc1OCC(=O)NC(C)C(C)C. The van der Waals surface area contributed by atoms with Gasteiger partial charge in [-0.1, -0.05) is 13.8 Å². The van der Waals surface area contributed by atoms with E-state index < -0.39 is 5.82 Å². The average molecular weight is 281 g/mol. The zero-order chi connectivity index (χ0) is 15.3. The zero-order valence-corrected chi connectivity index (χ0v) is 12.2. The quantitative estimate of drug-likeness (QED) is 0.815. The topological polar surface area (TPSA) is 55.4 Å². The first kappa shape index (κ1) is 16.1. The summed E-state index contributed by atoms with van der Waals surface area (Å²) in [4.78, 5) is 23.1. The van der Waals surface area contributed by atoms with E-state index >= 15 is 0 Å². The van der Waals surface area contributed by atoms with Crippen LogP contribution in [0.3, 0.4) is 0 Å². The molecule has 0 aliphatic heterocycles. The monoisotopic (exact) mass is 281 g/mol. The molecule has 1 N–H and O–H groups in total. The van der Waals surface area contributed by atoms with E-state index in [0.29, 0.717) is 5.92 Å². The van der Waals surface area contributed by atoms with Gasteiger partial charge in [-0.15, -0.1) is 0 Å². The van der Waals surface area contributed by atoms with Crippen molar-refractivity contribution < 1.29 is 18.7 Å². The van der Waals surface area contributed by atoms with E-state index in [1.807, 2.05) is 20.8 Å². The summed E-state index contributed by atoms with van der Waals surface area (Å²) in [5.41, 5.74) is 0.260. The Morgan fingerprint density at radius 1 is 1.30 bits per heavy atom. The molecule has 0 radical (unpaired) electrons. The second kappa shape index (κ2) is 7.03. The first-order valence-electron chi connectivity index (χ1n) is 6.54. The average Bonchev–Trinajstić information content (AvgIpc) is 2.35. The highest BCUT2D eigenvalue weighted by atomic mass is 19.1. The van der Waals surface area contributed by atoms with Crippen LogP contribution in [0.2, 0.25) is 0 Å². The van der Waals surface area contributed by atoms with Gasteiger partial charge in [0, 0.05) is 12.1 Å². The number of hydrogen-bond donors (Lipinski definition) is 1. The van der Waals surface area contributed by atoms with Crippen molar-refractivity contribution in [1.82, 2.24) is 5.32 Å². The number of amides is 1. The van der Waals surface area contributed by atoms with Crippen molar-refractivity contribution in [2.75, 3.05) is 6.61 Å². The van der Waals surface area contributed by atoms with Crippen LogP contribution in [0, 0.1) is 11.7 Å². The fraction of sp³-hybridized carbons (Fsp3) is 0.467. The molecule has 5 heteroatoms. The zero-order valence-electron chi connectivity index (χ0n) is 12.2. The first-order chi connectivity index (χ1) is 9.31. The minimum atomic E-state index is -0.513. The van der Waals surface area contributed by atoms with Gasteiger partial charge in [-0.2, -0.15) is 0 Å². The van der Waals surface area contributed by atoms with Gasteiger partial charge in [-0.25, -0.2) is 4.39 Å². The molecule has 0 saturated carbocycles. The lowest BCUT2D eigenvalue weighted by molar-refractivity contribution is -0.124. The normalized spacial score (nSPS) is 12.1. The van der Waals surface area contributed by atoms with Crippen molar-refractivity contribution in [3.63, 3.8) is 0 Å². The van der Waals surface area contributed by atoms with Gasteiger partial charge in [0.1, 0.15) is 11.6 Å². The Kier molecular flexibility index (Phi) is 5.67. The van der Waals surface area contributed by atoms with E-state index in [4.69, 9.17) is 4.74 Å². The summed E-state index contributed by atoms with van der Waals surface area (Å²) in [5.74, 6) is -0.660. The second-order valence-electron chi connectivity index (χ2n) is 5.09. The Bertz CT molecular complexity index is 500. The summed E-state index contributed by atoms with van der Waals surface area (Å²) >= 11 is 0. The van der Waals surface area contributed by atoms with Gasteiger partial charge in [-0.3, -0.25) is 9.59 Å². The molecule has 0 aromatic heterocycles. The third-order valence-corrected chi connectivity index (χ3v) is 3.07. The van der Waals surface area contributed by atoms with Gasteiger partial charge in [0.25, 0.3) is 5.91 Å². The molecule has 110 valence electrons. The molecule has 1 rings (SSSR count). The van der Waals surface area contributed by atoms with Gasteiger partial charge < -0.3 is 10.1 Å². The Hall–Kier alpha value is -1.91. The third kappa shape index (κ3) is 4.64. The lowest BCUT2D eigenvalue weighted by Gasteiger charge is -2.17. The molecule has 0 aliphatic rings. The largest absolute Gasteiger partial charge is 0.483 e. The number of Topliss-reactive ketones (excluding diaryl/α,β-unsaturated/α-hetero) is 1. The van der Waals surface area contributed by atoms with E-state index in [2.05, 4.69) is 5.32 Å². The standard InChI is InChI=1S/C15H20FNO3/c1-9(2)10(3)17-15(19)8-20-14-7-12(16)5-6-13(14)11(4)18/h5-7,9-10H,8H2,1-4H3,(H,17,19). The minimum absolute atomic E-state index is 0.0193. The molecule has 1 amide bonds. The lowest BCUT2D eigenvalue weighted by atomic mass is 10.1. The minimum Gasteiger partial charge on any atom is -0.483 e. The predicted molar refractivity (Wildman–Crippen MR) is 74.3 cm³/mol. The number of carbonyl (C=O) groups excluding carboxylic acids is 2. The first-order valence-corrected chi connectivity index (χ1v) is 6.54. The maximum absolute atomic E-state index is 13.2. The molecule has 20 heavy (non-hydrogen) atoms. The Balaban J connectivity index is 2.68. The van der Waals surface area contributed by atoms with Crippen LogP contribution < -0.4 is 10.1 Å². The Morgan fingerprint density at radius 3 is 2.50 bits per heavy atom. The highest BCUT2D eigenvalue weighted by molar-refractivity contribution is 5.96. The van der Waals surface area contributed by atoms with Crippen LogP contribution in [-0.4, -0.2) is 24.3 Å². The van der Waals surface area contributed by atoms with Crippen LogP contribution in [0.5, 0.6) is 5.75 Å². The summed E-state index contributed by atoms with van der Waals surface area (Å²) in [7, 11) is 0. The second-order valence-corrected chi connectivity index (χ2v) is 5.09. The van der Waals surface area contributed by atoms with Crippen molar-refractivity contribution in [1.29, 1.82) is 0 Å². The molecule has 0 spiro atoms. The highest BCUT2D eigenvalue weighted by Gasteiger charge is 2.14. The molecular weight excluding hydrogens is 261 g/mol. The summed E-state index contributed by atoms with van der Waals surface area (Å²) in [6.45, 7) is 6.99. The molecule has 1 aromatic carbocycles. The number of nitrogens with one attached hydrogen (secondary N) is 1. The number of benzene rings is 1. The molecule has 0 aliphatic carbocycles. The molecule has 1 atom stereocenters. The van der Waals surface area contributed by atoms with Crippen LogP contribution in [-0.2, 0) is 4.79 Å². The van der Waals surface area contributed by atoms with Crippen LogP contribution in [0.1, 0.15) is 38.1 Å². The molecule has 1 aromatic rings. The van der Waals surface area contributed by atoms with E-state index in [0.717, 1.165) is 6.07 Å². The van der Waals surface area contributed by atoms with Gasteiger partial charge in [0.2, 0.25) is 0 Å². The van der Waals surface area contributed by atoms with E-state index in [9.17, 15) is 14.0 Å². The van der Waals surface area contributed by atoms with Crippen molar-refractivity contribution in [3.8, 4) is 5.75 Å². The third-order valence-electron chi connectivity index (χ3n) is 3.07. The van der Waals surface area contributed by atoms with E-state index in [1.54, 1.807) is 0 Å². The number of hydrogen-bond acceptors (Lipinski definition) is 3. The Morgan fingerprint density at radius 2 is 1.95 bits per heavy atom.